The van der Waals surface area contributed by atoms with Crippen molar-refractivity contribution in [1.29, 1.82) is 0 Å². The highest BCUT2D eigenvalue weighted by molar-refractivity contribution is 5.99. The smallest absolute Gasteiger partial charge is 0.323 e. The normalized spacial score (nSPS) is 25.5. The van der Waals surface area contributed by atoms with Crippen molar-refractivity contribution in [2.24, 2.45) is 0 Å². The summed E-state index contributed by atoms with van der Waals surface area (Å²) in [6, 6.07) is 10.7. The number of amides is 3. The monoisotopic (exact) mass is 498 g/mol. The lowest BCUT2D eigenvalue weighted by Crippen LogP contribution is -2.50. The van der Waals surface area contributed by atoms with Crippen LogP contribution in [-0.2, 0) is 9.53 Å². The third-order valence-corrected chi connectivity index (χ3v) is 7.14. The third-order valence-electron chi connectivity index (χ3n) is 7.14. The van der Waals surface area contributed by atoms with Gasteiger partial charge in [-0.2, -0.15) is 0 Å². The predicted molar refractivity (Wildman–Crippen MR) is 132 cm³/mol. The predicted octanol–water partition coefficient (Wildman–Crippen LogP) is 2.63. The van der Waals surface area contributed by atoms with E-state index in [-0.39, 0.29) is 42.7 Å². The summed E-state index contributed by atoms with van der Waals surface area (Å²) in [6.45, 7) is 2.89. The molecule has 0 bridgehead atoms. The molecule has 0 aliphatic carbocycles. The molecule has 0 aromatic heterocycles. The molecule has 9 nitrogen and oxygen atoms in total. The standard InChI is InChI=1S/C26H31FN4O5/c1-30-8-10-31(11-9-30)24(33)14-17-13-19-18-12-16(6-7-22(18)36-25(19)23(15-32)35-17)28-26(34)29-21-5-3-2-4-20(21)27/h2-7,12,17,19,23,25,32H,8-11,13-15H2,1H3,(H2,28,29,34)/t17-,19-,23-,25+/m0/s1. The molecule has 0 saturated carbocycles. The first-order valence-corrected chi connectivity index (χ1v) is 12.3. The zero-order chi connectivity index (χ0) is 25.2. The van der Waals surface area contributed by atoms with Gasteiger partial charge in [-0.25, -0.2) is 9.18 Å². The van der Waals surface area contributed by atoms with E-state index in [0.29, 0.717) is 30.9 Å². The maximum Gasteiger partial charge on any atom is 0.323 e. The number of para-hydroxylation sites is 1. The Morgan fingerprint density at radius 2 is 1.89 bits per heavy atom. The van der Waals surface area contributed by atoms with Gasteiger partial charge in [-0.15, -0.1) is 0 Å². The molecule has 0 radical (unpaired) electrons. The molecule has 0 unspecified atom stereocenters. The Kier molecular flexibility index (Phi) is 7.08. The Hall–Kier alpha value is -3.21. The number of halogens is 1. The molecule has 2 fully saturated rings. The van der Waals surface area contributed by atoms with Gasteiger partial charge in [0.05, 0.1) is 24.8 Å². The minimum absolute atomic E-state index is 0.0580. The average Bonchev–Trinajstić information content (AvgIpc) is 3.23. The number of benzene rings is 2. The fourth-order valence-corrected chi connectivity index (χ4v) is 5.19. The highest BCUT2D eigenvalue weighted by Crippen LogP contribution is 2.47. The summed E-state index contributed by atoms with van der Waals surface area (Å²) in [5.41, 5.74) is 1.51. The number of urea groups is 1. The second kappa shape index (κ2) is 10.4. The Bertz CT molecular complexity index is 1120. The minimum atomic E-state index is -0.564. The summed E-state index contributed by atoms with van der Waals surface area (Å²) in [4.78, 5) is 29.4. The van der Waals surface area contributed by atoms with Crippen molar-refractivity contribution in [2.75, 3.05) is 50.5 Å². The highest BCUT2D eigenvalue weighted by Gasteiger charge is 2.46. The van der Waals surface area contributed by atoms with Crippen LogP contribution in [0.1, 0.15) is 24.3 Å². The zero-order valence-electron chi connectivity index (χ0n) is 20.2. The van der Waals surface area contributed by atoms with E-state index in [1.165, 1.54) is 12.1 Å². The maximum absolute atomic E-state index is 13.9. The van der Waals surface area contributed by atoms with Gasteiger partial charge in [-0.05, 0) is 43.8 Å². The first-order chi connectivity index (χ1) is 17.4. The van der Waals surface area contributed by atoms with Gasteiger partial charge in [0.15, 0.2) is 0 Å². The fraction of sp³-hybridized carbons (Fsp3) is 0.462. The van der Waals surface area contributed by atoms with Crippen molar-refractivity contribution in [3.8, 4) is 5.75 Å². The van der Waals surface area contributed by atoms with Crippen molar-refractivity contribution in [1.82, 2.24) is 9.80 Å². The number of piperazine rings is 1. The van der Waals surface area contributed by atoms with Crippen LogP contribution in [0, 0.1) is 5.82 Å². The molecule has 0 spiro atoms. The second-order valence-electron chi connectivity index (χ2n) is 9.60. The number of hydrogen-bond acceptors (Lipinski definition) is 6. The number of fused-ring (bicyclic) bond motifs is 3. The molecule has 36 heavy (non-hydrogen) atoms. The maximum atomic E-state index is 13.9. The molecule has 4 atom stereocenters. The summed E-state index contributed by atoms with van der Waals surface area (Å²) < 4.78 is 26.1. The molecule has 2 aromatic carbocycles. The summed E-state index contributed by atoms with van der Waals surface area (Å²) in [7, 11) is 2.04. The number of ether oxygens (including phenoxy) is 2. The third kappa shape index (κ3) is 5.16. The first-order valence-electron chi connectivity index (χ1n) is 12.3. The van der Waals surface area contributed by atoms with Crippen LogP contribution in [0.15, 0.2) is 42.5 Å². The van der Waals surface area contributed by atoms with Crippen molar-refractivity contribution in [3.63, 3.8) is 0 Å². The topological polar surface area (TPSA) is 103 Å². The second-order valence-corrected chi connectivity index (χ2v) is 9.60. The molecule has 3 aliphatic heterocycles. The van der Waals surface area contributed by atoms with Crippen LogP contribution in [0.25, 0.3) is 0 Å². The largest absolute Gasteiger partial charge is 0.487 e. The Morgan fingerprint density at radius 1 is 1.11 bits per heavy atom. The summed E-state index contributed by atoms with van der Waals surface area (Å²) >= 11 is 0. The van der Waals surface area contributed by atoms with Crippen molar-refractivity contribution in [3.05, 3.63) is 53.8 Å². The van der Waals surface area contributed by atoms with Crippen LogP contribution in [0.2, 0.25) is 0 Å². The molecule has 2 aromatic rings. The number of aliphatic hydroxyl groups is 1. The molecule has 3 aliphatic rings. The lowest BCUT2D eigenvalue weighted by atomic mass is 9.84. The zero-order valence-corrected chi connectivity index (χ0v) is 20.2. The van der Waals surface area contributed by atoms with Crippen LogP contribution in [0.3, 0.4) is 0 Å². The summed E-state index contributed by atoms with van der Waals surface area (Å²) in [5.74, 6) is 0.112. The molecular formula is C26H31FN4O5. The number of carbonyl (C=O) groups is 2. The molecule has 2 saturated heterocycles. The summed E-state index contributed by atoms with van der Waals surface area (Å²) in [6.07, 6.45) is -0.448. The van der Waals surface area contributed by atoms with E-state index in [1.54, 1.807) is 24.3 Å². The number of hydrogen-bond donors (Lipinski definition) is 3. The Morgan fingerprint density at radius 3 is 2.64 bits per heavy atom. The van der Waals surface area contributed by atoms with Gasteiger partial charge in [0.2, 0.25) is 5.91 Å². The van der Waals surface area contributed by atoms with Gasteiger partial charge in [0.25, 0.3) is 0 Å². The van der Waals surface area contributed by atoms with Crippen LogP contribution < -0.4 is 15.4 Å². The van der Waals surface area contributed by atoms with E-state index >= 15 is 0 Å². The molecular weight excluding hydrogens is 467 g/mol. The summed E-state index contributed by atoms with van der Waals surface area (Å²) in [5, 5.41) is 15.2. The lowest BCUT2D eigenvalue weighted by molar-refractivity contribution is -0.150. The van der Waals surface area contributed by atoms with Gasteiger partial charge in [0.1, 0.15) is 23.8 Å². The van der Waals surface area contributed by atoms with E-state index in [2.05, 4.69) is 15.5 Å². The minimum Gasteiger partial charge on any atom is -0.487 e. The van der Waals surface area contributed by atoms with Crippen LogP contribution in [-0.4, -0.2) is 85.0 Å². The van der Waals surface area contributed by atoms with E-state index in [0.717, 1.165) is 18.7 Å². The number of carbonyl (C=O) groups excluding carboxylic acids is 2. The fourth-order valence-electron chi connectivity index (χ4n) is 5.19. The van der Waals surface area contributed by atoms with Crippen molar-refractivity contribution >= 4 is 23.3 Å². The van der Waals surface area contributed by atoms with Crippen LogP contribution in [0.4, 0.5) is 20.6 Å². The number of rotatable bonds is 5. The van der Waals surface area contributed by atoms with E-state index in [4.69, 9.17) is 9.47 Å². The molecule has 10 heteroatoms. The Balaban J connectivity index is 1.27. The van der Waals surface area contributed by atoms with Gasteiger partial charge < -0.3 is 35.0 Å². The SMILES string of the molecule is CN1CCN(C(=O)C[C@@H]2C[C@H]3c4cc(NC(=O)Nc5ccccc5F)ccc4O[C@H]3[C@H](CO)O2)CC1. The first kappa shape index (κ1) is 24.5. The quantitative estimate of drug-likeness (QED) is 0.586. The van der Waals surface area contributed by atoms with Gasteiger partial charge >= 0.3 is 6.03 Å². The lowest BCUT2D eigenvalue weighted by Gasteiger charge is -2.38. The van der Waals surface area contributed by atoms with Crippen molar-refractivity contribution < 1.29 is 28.6 Å². The van der Waals surface area contributed by atoms with Crippen molar-refractivity contribution in [2.45, 2.75) is 37.1 Å². The van der Waals surface area contributed by atoms with Crippen LogP contribution in [0.5, 0.6) is 5.75 Å². The molecule has 192 valence electrons. The van der Waals surface area contributed by atoms with Crippen LogP contribution >= 0.6 is 0 Å². The van der Waals surface area contributed by atoms with Gasteiger partial charge in [0, 0.05) is 43.3 Å². The number of likely N-dealkylation sites (N-methyl/N-ethyl adjacent to an activating group) is 1. The number of nitrogens with one attached hydrogen (secondary N) is 2. The number of nitrogens with zero attached hydrogens (tertiary/aromatic N) is 2. The molecule has 5 rings (SSSR count). The number of aliphatic hydroxyl groups excluding tert-OH is 1. The van der Waals surface area contributed by atoms with E-state index in [1.807, 2.05) is 18.0 Å². The van der Waals surface area contributed by atoms with E-state index < -0.39 is 18.0 Å². The average molecular weight is 499 g/mol. The highest BCUT2D eigenvalue weighted by atomic mass is 19.1. The molecule has 3 N–H and O–H groups in total. The van der Waals surface area contributed by atoms with Gasteiger partial charge in [-0.3, -0.25) is 4.79 Å². The molecule has 3 amide bonds. The van der Waals surface area contributed by atoms with E-state index in [9.17, 15) is 19.1 Å². The molecule has 3 heterocycles. The Labute approximate surface area is 209 Å². The van der Waals surface area contributed by atoms with Gasteiger partial charge in [-0.1, -0.05) is 12.1 Å². The number of anilines is 2.